The highest BCUT2D eigenvalue weighted by atomic mass is 19.4. The number of carboxylic acids is 1. The minimum absolute atomic E-state index is 0.130. The molecule has 8 heteroatoms. The van der Waals surface area contributed by atoms with E-state index in [1.165, 1.54) is 0 Å². The maximum absolute atomic E-state index is 11.2. The molecule has 5 nitrogen and oxygen atoms in total. The van der Waals surface area contributed by atoms with Crippen LogP contribution in [0.15, 0.2) is 30.3 Å². The van der Waals surface area contributed by atoms with E-state index in [0.29, 0.717) is 13.0 Å². The van der Waals surface area contributed by atoms with Crippen molar-refractivity contribution in [2.45, 2.75) is 25.6 Å². The molecule has 0 aliphatic heterocycles. The fraction of sp³-hybridized carbons (Fsp3) is 0.429. The average Bonchev–Trinajstić information content (AvgIpc) is 2.46. The van der Waals surface area contributed by atoms with Gasteiger partial charge in [0.15, 0.2) is 0 Å². The SMILES string of the molecule is CNCCCC(=O)OCc1ccccc1.O=C(O)C(F)(F)F. The van der Waals surface area contributed by atoms with Crippen molar-refractivity contribution in [3.05, 3.63) is 35.9 Å². The van der Waals surface area contributed by atoms with Gasteiger partial charge in [0.2, 0.25) is 0 Å². The summed E-state index contributed by atoms with van der Waals surface area (Å²) >= 11 is 0. The highest BCUT2D eigenvalue weighted by Gasteiger charge is 2.38. The molecule has 1 aromatic carbocycles. The largest absolute Gasteiger partial charge is 0.490 e. The van der Waals surface area contributed by atoms with Gasteiger partial charge in [-0.3, -0.25) is 4.79 Å². The first kappa shape index (κ1) is 19.9. The van der Waals surface area contributed by atoms with E-state index in [-0.39, 0.29) is 5.97 Å². The molecule has 0 radical (unpaired) electrons. The molecule has 0 atom stereocenters. The molecule has 0 saturated heterocycles. The predicted molar refractivity (Wildman–Crippen MR) is 73.1 cm³/mol. The topological polar surface area (TPSA) is 75.6 Å². The zero-order chi connectivity index (χ0) is 17.0. The van der Waals surface area contributed by atoms with Crippen LogP contribution in [0.2, 0.25) is 0 Å². The molecule has 0 bridgehead atoms. The summed E-state index contributed by atoms with van der Waals surface area (Å²) in [5, 5.41) is 10.1. The molecule has 0 aliphatic carbocycles. The zero-order valence-corrected chi connectivity index (χ0v) is 12.0. The molecular weight excluding hydrogens is 303 g/mol. The molecular formula is C14H18F3NO4. The van der Waals surface area contributed by atoms with Crippen LogP contribution in [-0.2, 0) is 20.9 Å². The molecule has 0 heterocycles. The van der Waals surface area contributed by atoms with E-state index in [9.17, 15) is 18.0 Å². The molecule has 0 amide bonds. The van der Waals surface area contributed by atoms with E-state index in [1.807, 2.05) is 37.4 Å². The molecule has 1 rings (SSSR count). The number of carboxylic acid groups (broad SMARTS) is 1. The average molecular weight is 321 g/mol. The Morgan fingerprint density at radius 3 is 2.23 bits per heavy atom. The summed E-state index contributed by atoms with van der Waals surface area (Å²) in [4.78, 5) is 20.1. The van der Waals surface area contributed by atoms with Crippen LogP contribution in [0.25, 0.3) is 0 Å². The number of ether oxygens (including phenoxy) is 1. The van der Waals surface area contributed by atoms with Gasteiger partial charge in [-0.25, -0.2) is 4.79 Å². The molecule has 2 N–H and O–H groups in total. The van der Waals surface area contributed by atoms with Crippen molar-refractivity contribution in [1.82, 2.24) is 5.32 Å². The van der Waals surface area contributed by atoms with Gasteiger partial charge in [-0.2, -0.15) is 13.2 Å². The van der Waals surface area contributed by atoms with Gasteiger partial charge in [0.05, 0.1) is 0 Å². The van der Waals surface area contributed by atoms with Crippen molar-refractivity contribution in [3.63, 3.8) is 0 Å². The Bertz CT molecular complexity index is 449. The van der Waals surface area contributed by atoms with Crippen LogP contribution in [0.1, 0.15) is 18.4 Å². The van der Waals surface area contributed by atoms with Crippen LogP contribution in [0, 0.1) is 0 Å². The predicted octanol–water partition coefficient (Wildman–Crippen LogP) is 2.36. The summed E-state index contributed by atoms with van der Waals surface area (Å²) in [6.45, 7) is 1.22. The van der Waals surface area contributed by atoms with E-state index in [1.54, 1.807) is 0 Å². The Hall–Kier alpha value is -2.09. The smallest absolute Gasteiger partial charge is 0.475 e. The fourth-order valence-electron chi connectivity index (χ4n) is 1.22. The number of hydrogen-bond acceptors (Lipinski definition) is 4. The second-order valence-electron chi connectivity index (χ2n) is 4.16. The molecule has 0 fully saturated rings. The van der Waals surface area contributed by atoms with Crippen molar-refractivity contribution in [2.75, 3.05) is 13.6 Å². The molecule has 0 aromatic heterocycles. The number of nitrogens with one attached hydrogen (secondary N) is 1. The maximum Gasteiger partial charge on any atom is 0.490 e. The van der Waals surface area contributed by atoms with Gasteiger partial charge >= 0.3 is 18.1 Å². The van der Waals surface area contributed by atoms with Crippen LogP contribution in [0.4, 0.5) is 13.2 Å². The fourth-order valence-corrected chi connectivity index (χ4v) is 1.22. The number of halogens is 3. The van der Waals surface area contributed by atoms with E-state index < -0.39 is 12.1 Å². The van der Waals surface area contributed by atoms with E-state index >= 15 is 0 Å². The summed E-state index contributed by atoms with van der Waals surface area (Å²) in [5.74, 6) is -2.89. The van der Waals surface area contributed by atoms with Crippen LogP contribution < -0.4 is 5.32 Å². The lowest BCUT2D eigenvalue weighted by atomic mass is 10.2. The summed E-state index contributed by atoms with van der Waals surface area (Å²) in [6.07, 6.45) is -3.78. The Morgan fingerprint density at radius 1 is 1.23 bits per heavy atom. The number of aliphatic carboxylic acids is 1. The number of carbonyl (C=O) groups is 2. The number of carbonyl (C=O) groups excluding carboxylic acids is 1. The summed E-state index contributed by atoms with van der Waals surface area (Å²) in [7, 11) is 1.87. The van der Waals surface area contributed by atoms with E-state index in [4.69, 9.17) is 14.6 Å². The molecule has 0 unspecified atom stereocenters. The van der Waals surface area contributed by atoms with Gasteiger partial charge in [-0.1, -0.05) is 30.3 Å². The van der Waals surface area contributed by atoms with Gasteiger partial charge in [0, 0.05) is 6.42 Å². The first-order chi connectivity index (χ1) is 10.3. The molecule has 22 heavy (non-hydrogen) atoms. The lowest BCUT2D eigenvalue weighted by molar-refractivity contribution is -0.192. The second kappa shape index (κ2) is 10.6. The van der Waals surface area contributed by atoms with Crippen LogP contribution in [-0.4, -0.2) is 36.8 Å². The standard InChI is InChI=1S/C12H17NO2.C2HF3O2/c1-13-9-5-8-12(14)15-10-11-6-3-2-4-7-11;3-2(4,5)1(6)7/h2-4,6-7,13H,5,8-10H2,1H3;(H,6,7). The lowest BCUT2D eigenvalue weighted by Gasteiger charge is -2.04. The van der Waals surface area contributed by atoms with Crippen molar-refractivity contribution in [3.8, 4) is 0 Å². The van der Waals surface area contributed by atoms with Crippen molar-refractivity contribution >= 4 is 11.9 Å². The molecule has 1 aromatic rings. The third-order valence-electron chi connectivity index (χ3n) is 2.29. The van der Waals surface area contributed by atoms with Crippen molar-refractivity contribution < 1.29 is 32.6 Å². The lowest BCUT2D eigenvalue weighted by Crippen LogP contribution is -2.21. The third kappa shape index (κ3) is 10.7. The first-order valence-electron chi connectivity index (χ1n) is 6.41. The van der Waals surface area contributed by atoms with E-state index in [0.717, 1.165) is 18.5 Å². The summed E-state index contributed by atoms with van der Waals surface area (Å²) < 4.78 is 36.8. The molecule has 0 aliphatic rings. The minimum atomic E-state index is -5.08. The second-order valence-corrected chi connectivity index (χ2v) is 4.16. The van der Waals surface area contributed by atoms with Crippen molar-refractivity contribution in [1.29, 1.82) is 0 Å². The third-order valence-corrected chi connectivity index (χ3v) is 2.29. The van der Waals surface area contributed by atoms with Gasteiger partial charge in [-0.15, -0.1) is 0 Å². The number of hydrogen-bond donors (Lipinski definition) is 2. The van der Waals surface area contributed by atoms with Gasteiger partial charge in [0.25, 0.3) is 0 Å². The quantitative estimate of drug-likeness (QED) is 0.621. The van der Waals surface area contributed by atoms with Crippen LogP contribution >= 0.6 is 0 Å². The summed E-state index contributed by atoms with van der Waals surface area (Å²) in [5.41, 5.74) is 1.03. The number of esters is 1. The molecule has 0 spiro atoms. The first-order valence-corrected chi connectivity index (χ1v) is 6.41. The van der Waals surface area contributed by atoms with Crippen LogP contribution in [0.5, 0.6) is 0 Å². The Kier molecular flexibility index (Phi) is 9.60. The van der Waals surface area contributed by atoms with Crippen molar-refractivity contribution in [2.24, 2.45) is 0 Å². The highest BCUT2D eigenvalue weighted by Crippen LogP contribution is 2.13. The maximum atomic E-state index is 11.2. The van der Waals surface area contributed by atoms with Gasteiger partial charge in [0.1, 0.15) is 6.61 Å². The Labute approximate surface area is 126 Å². The zero-order valence-electron chi connectivity index (χ0n) is 12.0. The number of rotatable bonds is 6. The highest BCUT2D eigenvalue weighted by molar-refractivity contribution is 5.73. The van der Waals surface area contributed by atoms with Gasteiger partial charge < -0.3 is 15.2 Å². The molecule has 0 saturated carbocycles. The molecule has 124 valence electrons. The monoisotopic (exact) mass is 321 g/mol. The minimum Gasteiger partial charge on any atom is -0.475 e. The number of alkyl halides is 3. The Morgan fingerprint density at radius 2 is 1.77 bits per heavy atom. The van der Waals surface area contributed by atoms with E-state index in [2.05, 4.69) is 5.32 Å². The van der Waals surface area contributed by atoms with Gasteiger partial charge in [-0.05, 0) is 25.6 Å². The number of benzene rings is 1. The van der Waals surface area contributed by atoms with Crippen LogP contribution in [0.3, 0.4) is 0 Å². The normalized spacial score (nSPS) is 10.4. The Balaban J connectivity index is 0.000000534. The summed E-state index contributed by atoms with van der Waals surface area (Å²) in [6, 6.07) is 9.70.